The lowest BCUT2D eigenvalue weighted by Gasteiger charge is -1.97. The molecule has 0 amide bonds. The molecule has 0 heterocycles. The second-order valence-corrected chi connectivity index (χ2v) is 4.69. The molecule has 2 aromatic rings. The summed E-state index contributed by atoms with van der Waals surface area (Å²) >= 11 is 0. The highest BCUT2D eigenvalue weighted by Gasteiger charge is 1.94. The number of nitrogens with zero attached hydrogens (tertiary/aromatic N) is 2. The van der Waals surface area contributed by atoms with Crippen LogP contribution in [0.3, 0.4) is 0 Å². The summed E-state index contributed by atoms with van der Waals surface area (Å²) in [5.74, 6) is 0. The highest BCUT2D eigenvalue weighted by Crippen LogP contribution is 2.12. The lowest BCUT2D eigenvalue weighted by molar-refractivity contribution is 1.46. The van der Waals surface area contributed by atoms with Crippen LogP contribution >= 0.6 is 0 Å². The van der Waals surface area contributed by atoms with Gasteiger partial charge in [-0.05, 0) is 29.7 Å². The Morgan fingerprint density at radius 3 is 1.67 bits per heavy atom. The first kappa shape index (κ1) is 14.3. The van der Waals surface area contributed by atoms with Crippen molar-refractivity contribution in [3.63, 3.8) is 0 Å². The Labute approximate surface area is 124 Å². The minimum absolute atomic E-state index is 0.109. The van der Waals surface area contributed by atoms with Gasteiger partial charge in [0.1, 0.15) is 17.7 Å². The first-order valence-corrected chi connectivity index (χ1v) is 6.58. The van der Waals surface area contributed by atoms with Crippen LogP contribution in [0.5, 0.6) is 0 Å². The number of nitriles is 2. The molecule has 0 bridgehead atoms. The van der Waals surface area contributed by atoms with Crippen LogP contribution in [0.25, 0.3) is 18.2 Å². The minimum Gasteiger partial charge on any atom is -0.192 e. The van der Waals surface area contributed by atoms with Crippen molar-refractivity contribution in [2.24, 2.45) is 0 Å². The Hall–Kier alpha value is -3.10. The Bertz CT molecular complexity index is 733. The lowest BCUT2D eigenvalue weighted by atomic mass is 10.1. The molecule has 2 aromatic carbocycles. The van der Waals surface area contributed by atoms with Crippen LogP contribution in [0.15, 0.2) is 54.1 Å². The minimum atomic E-state index is 0.109. The molecule has 0 saturated heterocycles. The zero-order valence-electron chi connectivity index (χ0n) is 11.7. The van der Waals surface area contributed by atoms with Crippen molar-refractivity contribution < 1.29 is 0 Å². The molecular formula is C19H14N2. The fourth-order valence-electron chi connectivity index (χ4n) is 1.83. The maximum Gasteiger partial charge on any atom is 0.130 e. The SMILES string of the molecule is Cc1ccc(C=Cc2ccc(C=C(C#N)C#N)cc2)cc1. The predicted molar refractivity (Wildman–Crippen MR) is 85.8 cm³/mol. The summed E-state index contributed by atoms with van der Waals surface area (Å²) in [7, 11) is 0. The Kier molecular flexibility index (Phi) is 4.70. The number of rotatable bonds is 3. The van der Waals surface area contributed by atoms with Crippen LogP contribution in [0.2, 0.25) is 0 Å². The molecule has 0 aromatic heterocycles. The van der Waals surface area contributed by atoms with Gasteiger partial charge in [-0.25, -0.2) is 0 Å². The van der Waals surface area contributed by atoms with E-state index in [-0.39, 0.29) is 5.57 Å². The average molecular weight is 270 g/mol. The van der Waals surface area contributed by atoms with Gasteiger partial charge >= 0.3 is 0 Å². The molecular weight excluding hydrogens is 256 g/mol. The molecule has 2 nitrogen and oxygen atoms in total. The molecule has 21 heavy (non-hydrogen) atoms. The van der Waals surface area contributed by atoms with E-state index < -0.39 is 0 Å². The number of allylic oxidation sites excluding steroid dienone is 1. The van der Waals surface area contributed by atoms with E-state index in [2.05, 4.69) is 37.3 Å². The molecule has 0 radical (unpaired) electrons. The molecule has 0 N–H and O–H groups in total. The molecule has 0 aliphatic heterocycles. The van der Waals surface area contributed by atoms with Crippen LogP contribution in [0.1, 0.15) is 22.3 Å². The summed E-state index contributed by atoms with van der Waals surface area (Å²) in [4.78, 5) is 0. The van der Waals surface area contributed by atoms with Gasteiger partial charge in [0.15, 0.2) is 0 Å². The summed E-state index contributed by atoms with van der Waals surface area (Å²) in [5, 5.41) is 17.4. The summed E-state index contributed by atoms with van der Waals surface area (Å²) in [6.07, 6.45) is 5.67. The highest BCUT2D eigenvalue weighted by molar-refractivity contribution is 5.71. The fraction of sp³-hybridized carbons (Fsp3) is 0.0526. The molecule has 0 unspecified atom stereocenters. The third kappa shape index (κ3) is 4.20. The van der Waals surface area contributed by atoms with Crippen LogP contribution in [0.4, 0.5) is 0 Å². The molecule has 0 aliphatic carbocycles. The normalized spacial score (nSPS) is 9.86. The predicted octanol–water partition coefficient (Wildman–Crippen LogP) is 4.60. The first-order valence-electron chi connectivity index (χ1n) is 6.58. The Morgan fingerprint density at radius 2 is 1.19 bits per heavy atom. The van der Waals surface area contributed by atoms with Gasteiger partial charge in [-0.3, -0.25) is 0 Å². The number of hydrogen-bond acceptors (Lipinski definition) is 2. The van der Waals surface area contributed by atoms with Gasteiger partial charge in [0.2, 0.25) is 0 Å². The topological polar surface area (TPSA) is 47.6 Å². The number of hydrogen-bond donors (Lipinski definition) is 0. The molecule has 0 aliphatic rings. The smallest absolute Gasteiger partial charge is 0.130 e. The van der Waals surface area contributed by atoms with Crippen molar-refractivity contribution in [1.82, 2.24) is 0 Å². The van der Waals surface area contributed by atoms with Crippen LogP contribution in [-0.4, -0.2) is 0 Å². The van der Waals surface area contributed by atoms with E-state index in [4.69, 9.17) is 10.5 Å². The second kappa shape index (κ2) is 6.89. The molecule has 100 valence electrons. The van der Waals surface area contributed by atoms with E-state index >= 15 is 0 Å². The van der Waals surface area contributed by atoms with Crippen molar-refractivity contribution in [2.75, 3.05) is 0 Å². The third-order valence-corrected chi connectivity index (χ3v) is 3.03. The lowest BCUT2D eigenvalue weighted by Crippen LogP contribution is -1.78. The van der Waals surface area contributed by atoms with Gasteiger partial charge in [0.05, 0.1) is 0 Å². The van der Waals surface area contributed by atoms with Crippen molar-refractivity contribution in [3.8, 4) is 12.1 Å². The van der Waals surface area contributed by atoms with Gasteiger partial charge in [-0.1, -0.05) is 66.2 Å². The van der Waals surface area contributed by atoms with E-state index in [0.717, 1.165) is 16.7 Å². The van der Waals surface area contributed by atoms with E-state index in [0.29, 0.717) is 0 Å². The molecule has 0 fully saturated rings. The van der Waals surface area contributed by atoms with Crippen molar-refractivity contribution >= 4 is 18.2 Å². The van der Waals surface area contributed by atoms with Gasteiger partial charge in [0, 0.05) is 0 Å². The summed E-state index contributed by atoms with van der Waals surface area (Å²) in [6.45, 7) is 2.07. The van der Waals surface area contributed by atoms with Gasteiger partial charge in [-0.15, -0.1) is 0 Å². The van der Waals surface area contributed by atoms with E-state index in [1.165, 1.54) is 5.56 Å². The quantitative estimate of drug-likeness (QED) is 0.604. The van der Waals surface area contributed by atoms with Gasteiger partial charge < -0.3 is 0 Å². The second-order valence-electron chi connectivity index (χ2n) is 4.69. The average Bonchev–Trinajstić information content (AvgIpc) is 2.53. The van der Waals surface area contributed by atoms with Crippen molar-refractivity contribution in [3.05, 3.63) is 76.4 Å². The zero-order chi connectivity index (χ0) is 15.1. The molecule has 2 rings (SSSR count). The van der Waals surface area contributed by atoms with Crippen LogP contribution < -0.4 is 0 Å². The first-order chi connectivity index (χ1) is 10.2. The van der Waals surface area contributed by atoms with Crippen molar-refractivity contribution in [1.29, 1.82) is 10.5 Å². The van der Waals surface area contributed by atoms with E-state index in [1.807, 2.05) is 42.5 Å². The summed E-state index contributed by atoms with van der Waals surface area (Å²) in [5.41, 5.74) is 4.43. The highest BCUT2D eigenvalue weighted by atomic mass is 14.3. The van der Waals surface area contributed by atoms with Gasteiger partial charge in [0.25, 0.3) is 0 Å². The Balaban J connectivity index is 2.13. The maximum absolute atomic E-state index is 8.72. The zero-order valence-corrected chi connectivity index (χ0v) is 11.7. The molecule has 0 atom stereocenters. The third-order valence-electron chi connectivity index (χ3n) is 3.03. The summed E-state index contributed by atoms with van der Waals surface area (Å²) in [6, 6.07) is 19.7. The van der Waals surface area contributed by atoms with Gasteiger partial charge in [-0.2, -0.15) is 10.5 Å². The molecule has 0 saturated carbocycles. The van der Waals surface area contributed by atoms with E-state index in [9.17, 15) is 0 Å². The van der Waals surface area contributed by atoms with Crippen LogP contribution in [-0.2, 0) is 0 Å². The Morgan fingerprint density at radius 1 is 0.762 bits per heavy atom. The van der Waals surface area contributed by atoms with E-state index in [1.54, 1.807) is 6.08 Å². The van der Waals surface area contributed by atoms with Crippen LogP contribution in [0, 0.1) is 29.6 Å². The standard InChI is InChI=1S/C19H14N2/c1-15-2-4-16(5-3-15)6-7-17-8-10-18(11-9-17)12-19(13-20)14-21/h2-12H,1H3. The number of benzene rings is 2. The summed E-state index contributed by atoms with van der Waals surface area (Å²) < 4.78 is 0. The monoisotopic (exact) mass is 270 g/mol. The number of aryl methyl sites for hydroxylation is 1. The fourth-order valence-corrected chi connectivity index (χ4v) is 1.83. The largest absolute Gasteiger partial charge is 0.192 e. The van der Waals surface area contributed by atoms with Crippen molar-refractivity contribution in [2.45, 2.75) is 6.92 Å². The molecule has 2 heteroatoms. The molecule has 0 spiro atoms. The maximum atomic E-state index is 8.72.